The topological polar surface area (TPSA) is 87.3 Å². The van der Waals surface area contributed by atoms with Crippen LogP contribution in [0.15, 0.2) is 30.6 Å². The van der Waals surface area contributed by atoms with Gasteiger partial charge in [0.1, 0.15) is 12.1 Å². The Bertz CT molecular complexity index is 853. The number of urea groups is 1. The molecule has 0 fully saturated rings. The van der Waals surface area contributed by atoms with E-state index in [0.29, 0.717) is 18.0 Å². The summed E-state index contributed by atoms with van der Waals surface area (Å²) in [7, 11) is 1.33. The molecule has 0 saturated heterocycles. The summed E-state index contributed by atoms with van der Waals surface area (Å²) in [5.41, 5.74) is 2.55. The summed E-state index contributed by atoms with van der Waals surface area (Å²) in [4.78, 5) is 34.7. The van der Waals surface area contributed by atoms with E-state index in [9.17, 15) is 9.59 Å². The van der Waals surface area contributed by atoms with Crippen molar-refractivity contribution in [2.45, 2.75) is 38.8 Å². The molecule has 2 heterocycles. The molecule has 0 unspecified atom stereocenters. The largest absolute Gasteiger partial charge is 0.467 e. The van der Waals surface area contributed by atoms with Crippen LogP contribution in [0, 0.1) is 5.92 Å². The standard InChI is InChI=1S/C20H25ClN4O3/c1-4-12(2)16(19(26)28-3)24-20(27)25-10-9-15-17(23-11-22-15)18(25)13-7-5-6-8-14(13)21/h5-8,11-12,16,18H,4,9-10H2,1-3H3,(H,22,23)(H,24,27)/t12-,16+,18+/m0/s1. The lowest BCUT2D eigenvalue weighted by Gasteiger charge is -2.36. The number of hydrogen-bond acceptors (Lipinski definition) is 4. The summed E-state index contributed by atoms with van der Waals surface area (Å²) in [6.45, 7) is 4.36. The van der Waals surface area contributed by atoms with E-state index in [1.807, 2.05) is 32.0 Å². The van der Waals surface area contributed by atoms with Gasteiger partial charge in [0, 0.05) is 23.7 Å². The highest BCUT2D eigenvalue weighted by atomic mass is 35.5. The molecule has 2 amide bonds. The first kappa shape index (κ1) is 20.2. The number of aromatic nitrogens is 2. The van der Waals surface area contributed by atoms with Gasteiger partial charge in [-0.3, -0.25) is 0 Å². The number of hydrogen-bond donors (Lipinski definition) is 2. The predicted octanol–water partition coefficient (Wildman–Crippen LogP) is 3.31. The maximum absolute atomic E-state index is 13.2. The first-order valence-corrected chi connectivity index (χ1v) is 9.77. The normalized spacial score (nSPS) is 18.1. The lowest BCUT2D eigenvalue weighted by molar-refractivity contribution is -0.144. The second-order valence-electron chi connectivity index (χ2n) is 6.97. The number of benzene rings is 1. The van der Waals surface area contributed by atoms with Crippen LogP contribution in [0.3, 0.4) is 0 Å². The fourth-order valence-electron chi connectivity index (χ4n) is 3.52. The van der Waals surface area contributed by atoms with E-state index in [2.05, 4.69) is 15.3 Å². The van der Waals surface area contributed by atoms with Crippen molar-refractivity contribution in [2.75, 3.05) is 13.7 Å². The van der Waals surface area contributed by atoms with Crippen molar-refractivity contribution in [3.8, 4) is 0 Å². The van der Waals surface area contributed by atoms with Gasteiger partial charge in [-0.1, -0.05) is 50.1 Å². The van der Waals surface area contributed by atoms with Crippen molar-refractivity contribution in [2.24, 2.45) is 5.92 Å². The van der Waals surface area contributed by atoms with Gasteiger partial charge in [-0.05, 0) is 17.5 Å². The van der Waals surface area contributed by atoms with Gasteiger partial charge < -0.3 is 19.9 Å². The van der Waals surface area contributed by atoms with E-state index in [1.165, 1.54) is 7.11 Å². The highest BCUT2D eigenvalue weighted by Crippen LogP contribution is 2.36. The van der Waals surface area contributed by atoms with Crippen LogP contribution < -0.4 is 5.32 Å². The number of H-pyrrole nitrogens is 1. The average Bonchev–Trinajstić information content (AvgIpc) is 3.19. The van der Waals surface area contributed by atoms with E-state index >= 15 is 0 Å². The molecule has 1 aliphatic rings. The number of nitrogens with one attached hydrogen (secondary N) is 2. The Morgan fingerprint density at radius 1 is 1.43 bits per heavy atom. The van der Waals surface area contributed by atoms with Crippen LogP contribution in [0.4, 0.5) is 4.79 Å². The second-order valence-corrected chi connectivity index (χ2v) is 7.38. The number of methoxy groups -OCH3 is 1. The Hall–Kier alpha value is -2.54. The number of ether oxygens (including phenoxy) is 1. The molecule has 0 saturated carbocycles. The van der Waals surface area contributed by atoms with Crippen molar-refractivity contribution >= 4 is 23.6 Å². The number of fused-ring (bicyclic) bond motifs is 1. The summed E-state index contributed by atoms with van der Waals surface area (Å²) in [6, 6.07) is 5.94. The summed E-state index contributed by atoms with van der Waals surface area (Å²) < 4.78 is 4.89. The number of aromatic amines is 1. The Morgan fingerprint density at radius 2 is 2.18 bits per heavy atom. The van der Waals surface area contributed by atoms with Gasteiger partial charge >= 0.3 is 12.0 Å². The molecule has 0 bridgehead atoms. The van der Waals surface area contributed by atoms with Crippen LogP contribution in [0.2, 0.25) is 5.02 Å². The number of nitrogens with zero attached hydrogens (tertiary/aromatic N) is 2. The number of rotatable bonds is 5. The first-order valence-electron chi connectivity index (χ1n) is 9.39. The van der Waals surface area contributed by atoms with Crippen molar-refractivity contribution in [3.63, 3.8) is 0 Å². The number of amides is 2. The van der Waals surface area contributed by atoms with Gasteiger partial charge in [0.25, 0.3) is 0 Å². The minimum Gasteiger partial charge on any atom is -0.467 e. The van der Waals surface area contributed by atoms with E-state index in [1.54, 1.807) is 17.3 Å². The van der Waals surface area contributed by atoms with Gasteiger partial charge in [-0.25, -0.2) is 14.6 Å². The lowest BCUT2D eigenvalue weighted by Crippen LogP contribution is -2.53. The molecule has 0 spiro atoms. The highest BCUT2D eigenvalue weighted by Gasteiger charge is 2.37. The molecule has 1 aromatic heterocycles. The number of imidazole rings is 1. The van der Waals surface area contributed by atoms with E-state index in [-0.39, 0.29) is 11.9 Å². The summed E-state index contributed by atoms with van der Waals surface area (Å²) in [5.74, 6) is -0.504. The van der Waals surface area contributed by atoms with Gasteiger partial charge in [-0.2, -0.15) is 0 Å². The monoisotopic (exact) mass is 404 g/mol. The maximum atomic E-state index is 13.2. The quantitative estimate of drug-likeness (QED) is 0.748. The summed E-state index contributed by atoms with van der Waals surface area (Å²) in [5, 5.41) is 3.42. The smallest absolute Gasteiger partial charge is 0.328 e. The molecular weight excluding hydrogens is 380 g/mol. The first-order chi connectivity index (χ1) is 13.5. The molecule has 1 aromatic carbocycles. The number of esters is 1. The van der Waals surface area contributed by atoms with E-state index < -0.39 is 18.1 Å². The third kappa shape index (κ3) is 3.85. The zero-order valence-electron chi connectivity index (χ0n) is 16.2. The third-order valence-corrected chi connectivity index (χ3v) is 5.68. The molecule has 0 aliphatic carbocycles. The van der Waals surface area contributed by atoms with Crippen LogP contribution in [0.5, 0.6) is 0 Å². The van der Waals surface area contributed by atoms with Gasteiger partial charge in [0.2, 0.25) is 0 Å². The van der Waals surface area contributed by atoms with Crippen LogP contribution in [0.25, 0.3) is 0 Å². The Balaban J connectivity index is 1.94. The van der Waals surface area contributed by atoms with Crippen molar-refractivity contribution < 1.29 is 14.3 Å². The third-order valence-electron chi connectivity index (χ3n) is 5.33. The molecule has 3 rings (SSSR count). The fraction of sp³-hybridized carbons (Fsp3) is 0.450. The van der Waals surface area contributed by atoms with E-state index in [4.69, 9.17) is 16.3 Å². The van der Waals surface area contributed by atoms with Crippen LogP contribution in [-0.4, -0.2) is 46.6 Å². The molecule has 7 nitrogen and oxygen atoms in total. The fourth-order valence-corrected chi connectivity index (χ4v) is 3.76. The minimum atomic E-state index is -0.713. The zero-order valence-corrected chi connectivity index (χ0v) is 17.0. The summed E-state index contributed by atoms with van der Waals surface area (Å²) in [6.07, 6.45) is 3.01. The molecular formula is C20H25ClN4O3. The van der Waals surface area contributed by atoms with Gasteiger partial charge in [-0.15, -0.1) is 0 Å². The molecule has 3 atom stereocenters. The van der Waals surface area contributed by atoms with Gasteiger partial charge in [0.15, 0.2) is 0 Å². The van der Waals surface area contributed by atoms with Crippen LogP contribution in [-0.2, 0) is 16.0 Å². The molecule has 150 valence electrons. The molecule has 1 aliphatic heterocycles. The number of carbonyl (C=O) groups excluding carboxylic acids is 2. The van der Waals surface area contributed by atoms with Crippen molar-refractivity contribution in [1.29, 1.82) is 0 Å². The molecule has 28 heavy (non-hydrogen) atoms. The minimum absolute atomic E-state index is 0.0547. The van der Waals surface area contributed by atoms with Crippen molar-refractivity contribution in [1.82, 2.24) is 20.2 Å². The second kappa shape index (κ2) is 8.65. The van der Waals surface area contributed by atoms with Crippen molar-refractivity contribution in [3.05, 3.63) is 52.6 Å². The molecule has 8 heteroatoms. The number of halogens is 1. The summed E-state index contributed by atoms with van der Waals surface area (Å²) >= 11 is 6.44. The zero-order chi connectivity index (χ0) is 20.3. The molecule has 2 aromatic rings. The van der Waals surface area contributed by atoms with Gasteiger partial charge in [0.05, 0.1) is 19.1 Å². The van der Waals surface area contributed by atoms with Crippen LogP contribution in [0.1, 0.15) is 43.3 Å². The Labute approximate surface area is 169 Å². The lowest BCUT2D eigenvalue weighted by atomic mass is 9.95. The Morgan fingerprint density at radius 3 is 2.86 bits per heavy atom. The predicted molar refractivity (Wildman–Crippen MR) is 106 cm³/mol. The Kier molecular flexibility index (Phi) is 6.24. The SMILES string of the molecule is CC[C@H](C)[C@@H](NC(=O)N1CCc2[nH]cnc2[C@H]1c1ccccc1Cl)C(=O)OC. The molecule has 0 radical (unpaired) electrons. The average molecular weight is 405 g/mol. The van der Waals surface area contributed by atoms with Crippen LogP contribution >= 0.6 is 11.6 Å². The van der Waals surface area contributed by atoms with E-state index in [0.717, 1.165) is 23.4 Å². The maximum Gasteiger partial charge on any atom is 0.328 e. The number of carbonyl (C=O) groups is 2. The highest BCUT2D eigenvalue weighted by molar-refractivity contribution is 6.31. The molecule has 2 N–H and O–H groups in total.